The number of ether oxygens (including phenoxy) is 1. The van der Waals surface area contributed by atoms with Crippen LogP contribution in [0.2, 0.25) is 0 Å². The summed E-state index contributed by atoms with van der Waals surface area (Å²) in [6.45, 7) is 8.66. The second-order valence-corrected chi connectivity index (χ2v) is 7.11. The third kappa shape index (κ3) is 3.37. The van der Waals surface area contributed by atoms with Crippen molar-refractivity contribution < 1.29 is 14.4 Å². The van der Waals surface area contributed by atoms with E-state index in [1.807, 2.05) is 16.8 Å². The van der Waals surface area contributed by atoms with Crippen molar-refractivity contribution in [3.05, 3.63) is 65.4 Å². The van der Waals surface area contributed by atoms with Crippen LogP contribution in [-0.4, -0.2) is 12.2 Å². The van der Waals surface area contributed by atoms with E-state index >= 15 is 0 Å². The van der Waals surface area contributed by atoms with Crippen molar-refractivity contribution in [1.82, 2.24) is 0 Å². The van der Waals surface area contributed by atoms with Crippen molar-refractivity contribution in [2.24, 2.45) is 0 Å². The molecule has 0 fully saturated rings. The first-order valence-corrected chi connectivity index (χ1v) is 9.22. The third-order valence-electron chi connectivity index (χ3n) is 5.28. The lowest BCUT2D eigenvalue weighted by molar-refractivity contribution is -0.791. The number of aromatic nitrogens is 1. The molecule has 3 heteroatoms. The topological polar surface area (TPSA) is 33.3 Å². The van der Waals surface area contributed by atoms with E-state index in [2.05, 4.69) is 64.1 Å². The minimum atomic E-state index is -1.03. The van der Waals surface area contributed by atoms with Gasteiger partial charge in [0.15, 0.2) is 6.20 Å². The maximum atomic E-state index is 10.5. The van der Waals surface area contributed by atoms with Crippen LogP contribution < -0.4 is 4.57 Å². The molecule has 0 saturated heterocycles. The summed E-state index contributed by atoms with van der Waals surface area (Å²) in [4.78, 5) is 0. The van der Waals surface area contributed by atoms with Crippen LogP contribution in [0.5, 0.6) is 0 Å². The van der Waals surface area contributed by atoms with Gasteiger partial charge in [0, 0.05) is 13.2 Å². The minimum absolute atomic E-state index is 0.492. The summed E-state index contributed by atoms with van der Waals surface area (Å²) in [6, 6.07) is 15.1. The van der Waals surface area contributed by atoms with E-state index < -0.39 is 6.41 Å². The Labute approximate surface area is 155 Å². The van der Waals surface area contributed by atoms with Gasteiger partial charge in [-0.15, -0.1) is 4.57 Å². The van der Waals surface area contributed by atoms with E-state index in [1.54, 1.807) is 0 Å². The highest BCUT2D eigenvalue weighted by molar-refractivity contribution is 5.94. The molecule has 0 saturated carbocycles. The van der Waals surface area contributed by atoms with Crippen LogP contribution in [0.1, 0.15) is 49.3 Å². The predicted molar refractivity (Wildman–Crippen MR) is 106 cm³/mol. The summed E-state index contributed by atoms with van der Waals surface area (Å²) in [5, 5.41) is 12.8. The van der Waals surface area contributed by atoms with E-state index in [4.69, 9.17) is 4.74 Å². The zero-order chi connectivity index (χ0) is 18.8. The van der Waals surface area contributed by atoms with Crippen LogP contribution in [0.4, 0.5) is 0 Å². The summed E-state index contributed by atoms with van der Waals surface area (Å²) in [5.41, 5.74) is 5.79. The number of aryl methyl sites for hydroxylation is 2. The van der Waals surface area contributed by atoms with Gasteiger partial charge in [0.25, 0.3) is 0 Å². The summed E-state index contributed by atoms with van der Waals surface area (Å²) < 4.78 is 7.04. The van der Waals surface area contributed by atoms with Crippen molar-refractivity contribution >= 4 is 10.8 Å². The van der Waals surface area contributed by atoms with Crippen LogP contribution in [0.15, 0.2) is 48.7 Å². The van der Waals surface area contributed by atoms with Crippen LogP contribution in [0.3, 0.4) is 0 Å². The molecule has 0 amide bonds. The van der Waals surface area contributed by atoms with Gasteiger partial charge in [0.1, 0.15) is 0 Å². The van der Waals surface area contributed by atoms with Crippen molar-refractivity contribution in [1.29, 1.82) is 0 Å². The molecule has 1 N–H and O–H groups in total. The second kappa shape index (κ2) is 7.56. The molecular formula is C23H28NO2+. The molecule has 2 atom stereocenters. The minimum Gasteiger partial charge on any atom is -0.313 e. The van der Waals surface area contributed by atoms with Crippen LogP contribution >= 0.6 is 0 Å². The van der Waals surface area contributed by atoms with E-state index in [0.717, 1.165) is 28.5 Å². The van der Waals surface area contributed by atoms with Crippen LogP contribution in [0.25, 0.3) is 22.0 Å². The van der Waals surface area contributed by atoms with E-state index in [9.17, 15) is 5.11 Å². The molecule has 0 aliphatic rings. The quantitative estimate of drug-likeness (QED) is 0.518. The number of pyridine rings is 1. The van der Waals surface area contributed by atoms with Gasteiger partial charge in [-0.1, -0.05) is 43.7 Å². The fraction of sp³-hybridized carbons (Fsp3) is 0.348. The van der Waals surface area contributed by atoms with Gasteiger partial charge in [-0.05, 0) is 54.8 Å². The molecule has 3 nitrogen and oxygen atoms in total. The molecular weight excluding hydrogens is 322 g/mol. The summed E-state index contributed by atoms with van der Waals surface area (Å²) in [6.07, 6.45) is 1.97. The summed E-state index contributed by atoms with van der Waals surface area (Å²) >= 11 is 0. The number of methoxy groups -OCH3 is 1. The van der Waals surface area contributed by atoms with Crippen LogP contribution in [-0.2, 0) is 4.74 Å². The Hall–Kier alpha value is -2.23. The molecule has 0 aliphatic heterocycles. The number of hydrogen-bond donors (Lipinski definition) is 1. The maximum absolute atomic E-state index is 10.5. The summed E-state index contributed by atoms with van der Waals surface area (Å²) in [7, 11) is 1.52. The van der Waals surface area contributed by atoms with Gasteiger partial charge >= 0.3 is 6.41 Å². The smallest absolute Gasteiger partial charge is 0.313 e. The second-order valence-electron chi connectivity index (χ2n) is 7.11. The Bertz CT molecular complexity index is 928. The first-order chi connectivity index (χ1) is 12.5. The Morgan fingerprint density at radius 3 is 2.54 bits per heavy atom. The van der Waals surface area contributed by atoms with E-state index in [0.29, 0.717) is 5.92 Å². The lowest BCUT2D eigenvalue weighted by atomic mass is 9.93. The normalized spacial score (nSPS) is 13.8. The molecule has 0 spiro atoms. The highest BCUT2D eigenvalue weighted by Gasteiger charge is 2.25. The number of aliphatic hydroxyl groups is 1. The van der Waals surface area contributed by atoms with Gasteiger partial charge in [-0.25, -0.2) is 0 Å². The Morgan fingerprint density at radius 2 is 1.85 bits per heavy atom. The van der Waals surface area contributed by atoms with Crippen molar-refractivity contribution in [3.8, 4) is 11.3 Å². The third-order valence-corrected chi connectivity index (χ3v) is 5.28. The average Bonchev–Trinajstić information content (AvgIpc) is 2.67. The fourth-order valence-corrected chi connectivity index (χ4v) is 3.41. The molecule has 1 aromatic heterocycles. The highest BCUT2D eigenvalue weighted by Crippen LogP contribution is 2.32. The Morgan fingerprint density at radius 1 is 1.08 bits per heavy atom. The zero-order valence-electron chi connectivity index (χ0n) is 16.3. The average molecular weight is 350 g/mol. The zero-order valence-corrected chi connectivity index (χ0v) is 16.3. The van der Waals surface area contributed by atoms with Crippen molar-refractivity contribution in [2.75, 3.05) is 7.11 Å². The number of nitrogens with zero attached hydrogens (tertiary/aromatic N) is 1. The van der Waals surface area contributed by atoms with E-state index in [1.165, 1.54) is 23.8 Å². The molecule has 0 bridgehead atoms. The molecule has 1 heterocycles. The number of aliphatic hydroxyl groups excluding tert-OH is 1. The number of hydrogen-bond acceptors (Lipinski definition) is 2. The predicted octanol–water partition coefficient (Wildman–Crippen LogP) is 5.02. The number of benzene rings is 2. The van der Waals surface area contributed by atoms with Crippen molar-refractivity contribution in [2.45, 2.75) is 46.4 Å². The monoisotopic (exact) mass is 350 g/mol. The molecule has 2 aromatic carbocycles. The van der Waals surface area contributed by atoms with E-state index in [-0.39, 0.29) is 0 Å². The fourth-order valence-electron chi connectivity index (χ4n) is 3.41. The molecule has 3 rings (SSSR count). The van der Waals surface area contributed by atoms with Crippen LogP contribution in [0, 0.1) is 13.8 Å². The van der Waals surface area contributed by atoms with Gasteiger partial charge in [-0.3, -0.25) is 0 Å². The maximum Gasteiger partial charge on any atom is 0.378 e. The molecule has 136 valence electrons. The summed E-state index contributed by atoms with van der Waals surface area (Å²) in [5.74, 6) is 0.492. The molecule has 26 heavy (non-hydrogen) atoms. The Balaban J connectivity index is 2.39. The molecule has 0 aliphatic carbocycles. The largest absolute Gasteiger partial charge is 0.378 e. The molecule has 1 unspecified atom stereocenters. The molecule has 0 radical (unpaired) electrons. The van der Waals surface area contributed by atoms with Gasteiger partial charge < -0.3 is 9.84 Å². The first-order valence-electron chi connectivity index (χ1n) is 9.22. The Kier molecular flexibility index (Phi) is 5.40. The lowest BCUT2D eigenvalue weighted by Crippen LogP contribution is -2.42. The van der Waals surface area contributed by atoms with Crippen molar-refractivity contribution in [3.63, 3.8) is 0 Å². The van der Waals surface area contributed by atoms with Gasteiger partial charge in [0.05, 0.1) is 10.9 Å². The van der Waals surface area contributed by atoms with Gasteiger partial charge in [0.2, 0.25) is 5.69 Å². The number of rotatable bonds is 5. The van der Waals surface area contributed by atoms with Gasteiger partial charge in [-0.2, -0.15) is 0 Å². The standard InChI is InChI=1S/C23H28NO2/c1-6-16(3)19-10-9-18-11-12-24(23(25)26-5)22(21(18)14-19)20-13-15(2)7-8-17(20)4/h7-14,16,23,25H,6H2,1-5H3/q+1/t16?,23-/m0/s1. The SMILES string of the molecule is CCC(C)c1ccc2cc[n+]([C@@H](O)OC)c(-c3cc(C)ccc3C)c2c1. The molecule has 3 aromatic rings. The number of fused-ring (bicyclic) bond motifs is 1. The highest BCUT2D eigenvalue weighted by atomic mass is 16.6. The lowest BCUT2D eigenvalue weighted by Gasteiger charge is -2.15. The first kappa shape index (κ1) is 18.6.